The summed E-state index contributed by atoms with van der Waals surface area (Å²) in [6, 6.07) is 5.26. The molecule has 0 unspecified atom stereocenters. The van der Waals surface area contributed by atoms with E-state index in [2.05, 4.69) is 37.9 Å². The van der Waals surface area contributed by atoms with Crippen molar-refractivity contribution in [3.8, 4) is 17.2 Å². The largest absolute Gasteiger partial charge is 0.483 e. The summed E-state index contributed by atoms with van der Waals surface area (Å²) in [6.45, 7) is 0. The van der Waals surface area contributed by atoms with Crippen LogP contribution in [0, 0.1) is 0 Å². The predicted molar refractivity (Wildman–Crippen MR) is 69.9 cm³/mol. The first kappa shape index (κ1) is 12.7. The summed E-state index contributed by atoms with van der Waals surface area (Å²) in [5, 5.41) is 0. The molecule has 6 heteroatoms. The third-order valence-corrected chi connectivity index (χ3v) is 1.97. The highest BCUT2D eigenvalue weighted by Gasteiger charge is 2.06. The van der Waals surface area contributed by atoms with Crippen LogP contribution in [0.4, 0.5) is 0 Å². The van der Waals surface area contributed by atoms with Crippen molar-refractivity contribution in [1.82, 2.24) is 0 Å². The fraction of sp³-hybridized carbons (Fsp3) is 0.333. The second-order valence-corrected chi connectivity index (χ2v) is 3.20. The number of rotatable bonds is 6. The van der Waals surface area contributed by atoms with Crippen LogP contribution in [0.1, 0.15) is 0 Å². The molecular formula is C9H12O3S3. The van der Waals surface area contributed by atoms with Gasteiger partial charge in [-0.15, -0.1) is 37.9 Å². The molecule has 0 saturated heterocycles. The molecule has 0 amide bonds. The lowest BCUT2D eigenvalue weighted by molar-refractivity contribution is 0.331. The molecule has 1 aromatic rings. The van der Waals surface area contributed by atoms with Crippen LogP contribution in [0.25, 0.3) is 0 Å². The lowest BCUT2D eigenvalue weighted by Gasteiger charge is -2.11. The maximum atomic E-state index is 5.28. The molecule has 0 heterocycles. The average molecular weight is 264 g/mol. The van der Waals surface area contributed by atoms with Crippen LogP contribution in [0.3, 0.4) is 0 Å². The van der Waals surface area contributed by atoms with E-state index in [0.717, 1.165) is 0 Å². The van der Waals surface area contributed by atoms with Crippen molar-refractivity contribution in [2.75, 3.05) is 17.8 Å². The summed E-state index contributed by atoms with van der Waals surface area (Å²) in [5.74, 6) is 2.74. The lowest BCUT2D eigenvalue weighted by atomic mass is 10.3. The molecule has 84 valence electrons. The maximum absolute atomic E-state index is 5.28. The van der Waals surface area contributed by atoms with Crippen LogP contribution >= 0.6 is 37.9 Å². The van der Waals surface area contributed by atoms with E-state index in [0.29, 0.717) is 23.2 Å². The Labute approximate surface area is 105 Å². The van der Waals surface area contributed by atoms with Gasteiger partial charge in [-0.25, -0.2) is 0 Å². The molecule has 0 aromatic heterocycles. The predicted octanol–water partition coefficient (Wildman–Crippen LogP) is 2.48. The van der Waals surface area contributed by atoms with E-state index in [-0.39, 0.29) is 11.9 Å². The average Bonchev–Trinajstić information content (AvgIpc) is 2.23. The van der Waals surface area contributed by atoms with Gasteiger partial charge >= 0.3 is 0 Å². The van der Waals surface area contributed by atoms with Gasteiger partial charge in [-0.2, -0.15) is 0 Å². The molecule has 0 N–H and O–H groups in total. The minimum Gasteiger partial charge on any atom is -0.483 e. The van der Waals surface area contributed by atoms with Gasteiger partial charge in [-0.05, 0) is 12.1 Å². The van der Waals surface area contributed by atoms with Crippen molar-refractivity contribution in [3.05, 3.63) is 18.2 Å². The molecule has 1 aromatic carbocycles. The van der Waals surface area contributed by atoms with Gasteiger partial charge in [0.25, 0.3) is 0 Å². The quantitative estimate of drug-likeness (QED) is 0.544. The number of benzene rings is 1. The zero-order chi connectivity index (χ0) is 11.1. The zero-order valence-corrected chi connectivity index (χ0v) is 10.6. The Hall–Kier alpha value is -0.330. The van der Waals surface area contributed by atoms with Crippen LogP contribution in [0.5, 0.6) is 17.2 Å². The molecule has 0 fully saturated rings. The van der Waals surface area contributed by atoms with E-state index in [1.54, 1.807) is 18.2 Å². The monoisotopic (exact) mass is 264 g/mol. The Balaban J connectivity index is 2.87. The van der Waals surface area contributed by atoms with Crippen LogP contribution in [-0.2, 0) is 0 Å². The molecular weight excluding hydrogens is 252 g/mol. The van der Waals surface area contributed by atoms with Crippen molar-refractivity contribution >= 4 is 37.9 Å². The Kier molecular flexibility index (Phi) is 5.97. The minimum absolute atomic E-state index is 0.271. The van der Waals surface area contributed by atoms with E-state index in [1.165, 1.54) is 0 Å². The smallest absolute Gasteiger partial charge is 0.166 e. The number of hydrogen-bond acceptors (Lipinski definition) is 6. The fourth-order valence-electron chi connectivity index (χ4n) is 1.02. The molecule has 0 spiro atoms. The first-order valence-corrected chi connectivity index (χ1v) is 6.06. The van der Waals surface area contributed by atoms with Gasteiger partial charge in [0.15, 0.2) is 11.5 Å². The van der Waals surface area contributed by atoms with Gasteiger partial charge in [-0.3, -0.25) is 0 Å². The minimum atomic E-state index is 0.271. The van der Waals surface area contributed by atoms with Crippen molar-refractivity contribution in [1.29, 1.82) is 0 Å². The van der Waals surface area contributed by atoms with Crippen LogP contribution < -0.4 is 14.2 Å². The highest BCUT2D eigenvalue weighted by molar-refractivity contribution is 7.80. The summed E-state index contributed by atoms with van der Waals surface area (Å²) >= 11 is 11.9. The zero-order valence-electron chi connectivity index (χ0n) is 7.92. The van der Waals surface area contributed by atoms with Crippen molar-refractivity contribution in [2.45, 2.75) is 0 Å². The van der Waals surface area contributed by atoms with Gasteiger partial charge in [0.05, 0.1) is 0 Å². The highest BCUT2D eigenvalue weighted by Crippen LogP contribution is 2.32. The molecule has 0 atom stereocenters. The van der Waals surface area contributed by atoms with Gasteiger partial charge in [0.1, 0.15) is 23.6 Å². The van der Waals surface area contributed by atoms with Crippen molar-refractivity contribution < 1.29 is 14.2 Å². The normalized spacial score (nSPS) is 9.80. The summed E-state index contributed by atoms with van der Waals surface area (Å²) < 4.78 is 15.7. The standard InChI is InChI=1S/C9H12O3S3/c13-4-10-7-1-2-8(11-5-14)9(3-7)12-6-15/h1-3,13-15H,4-6H2. The van der Waals surface area contributed by atoms with Crippen LogP contribution in [-0.4, -0.2) is 17.8 Å². The van der Waals surface area contributed by atoms with Gasteiger partial charge in [-0.1, -0.05) is 0 Å². The van der Waals surface area contributed by atoms with E-state index < -0.39 is 0 Å². The van der Waals surface area contributed by atoms with E-state index in [1.807, 2.05) is 0 Å². The molecule has 0 aliphatic rings. The second-order valence-electron chi connectivity index (χ2n) is 2.43. The number of ether oxygens (including phenoxy) is 3. The third-order valence-electron chi connectivity index (χ3n) is 1.59. The highest BCUT2D eigenvalue weighted by atomic mass is 32.1. The van der Waals surface area contributed by atoms with Crippen LogP contribution in [0.15, 0.2) is 18.2 Å². The molecule has 0 aliphatic carbocycles. The summed E-state index contributed by atoms with van der Waals surface area (Å²) in [4.78, 5) is 0. The Morgan fingerprint density at radius 3 is 2.00 bits per heavy atom. The Bertz CT molecular complexity index is 307. The van der Waals surface area contributed by atoms with Gasteiger partial charge in [0.2, 0.25) is 0 Å². The fourth-order valence-corrected chi connectivity index (χ4v) is 1.45. The lowest BCUT2D eigenvalue weighted by Crippen LogP contribution is -1.97. The van der Waals surface area contributed by atoms with E-state index >= 15 is 0 Å². The first-order valence-electron chi connectivity index (χ1n) is 4.17. The Morgan fingerprint density at radius 1 is 0.800 bits per heavy atom. The van der Waals surface area contributed by atoms with Crippen molar-refractivity contribution in [2.24, 2.45) is 0 Å². The number of hydrogen-bond donors (Lipinski definition) is 3. The third kappa shape index (κ3) is 3.96. The Morgan fingerprint density at radius 2 is 1.40 bits per heavy atom. The molecule has 0 saturated carbocycles. The number of thiol groups is 3. The second kappa shape index (κ2) is 7.03. The summed E-state index contributed by atoms with van der Waals surface area (Å²) in [7, 11) is 0. The maximum Gasteiger partial charge on any atom is 0.166 e. The van der Waals surface area contributed by atoms with E-state index in [9.17, 15) is 0 Å². The molecule has 15 heavy (non-hydrogen) atoms. The molecule has 0 bridgehead atoms. The first-order chi connectivity index (χ1) is 7.31. The molecule has 1 rings (SSSR count). The SMILES string of the molecule is SCOc1ccc(OCS)c(OCS)c1. The van der Waals surface area contributed by atoms with E-state index in [4.69, 9.17) is 14.2 Å². The van der Waals surface area contributed by atoms with Gasteiger partial charge < -0.3 is 14.2 Å². The van der Waals surface area contributed by atoms with Crippen LogP contribution in [0.2, 0.25) is 0 Å². The summed E-state index contributed by atoms with van der Waals surface area (Å²) in [6.07, 6.45) is 0. The topological polar surface area (TPSA) is 27.7 Å². The van der Waals surface area contributed by atoms with Crippen molar-refractivity contribution in [3.63, 3.8) is 0 Å². The molecule has 0 aliphatic heterocycles. The van der Waals surface area contributed by atoms with Gasteiger partial charge in [0, 0.05) is 6.07 Å². The molecule has 3 nitrogen and oxygen atoms in total. The summed E-state index contributed by atoms with van der Waals surface area (Å²) in [5.41, 5.74) is 0. The molecule has 0 radical (unpaired) electrons.